The summed E-state index contributed by atoms with van der Waals surface area (Å²) < 4.78 is 17.0. The summed E-state index contributed by atoms with van der Waals surface area (Å²) >= 11 is 0. The summed E-state index contributed by atoms with van der Waals surface area (Å²) in [6.45, 7) is 4.91. The number of rotatable bonds is 3. The first-order chi connectivity index (χ1) is 8.09. The second-order valence-corrected chi connectivity index (χ2v) is 4.44. The lowest BCUT2D eigenvalue weighted by Gasteiger charge is -2.26. The van der Waals surface area contributed by atoms with E-state index in [0.717, 1.165) is 16.9 Å². The molecule has 0 aliphatic carbocycles. The quantitative estimate of drug-likeness (QED) is 0.866. The van der Waals surface area contributed by atoms with E-state index in [-0.39, 0.29) is 6.10 Å². The highest BCUT2D eigenvalue weighted by Gasteiger charge is 2.40. The first-order valence-electron chi connectivity index (χ1n) is 5.76. The summed E-state index contributed by atoms with van der Waals surface area (Å²) in [4.78, 5) is 0. The van der Waals surface area contributed by atoms with Crippen LogP contribution in [-0.4, -0.2) is 26.4 Å². The maximum Gasteiger partial charge on any atom is 0.196 e. The normalized spacial score (nSPS) is 28.4. The molecule has 1 aliphatic heterocycles. The third-order valence-electron chi connectivity index (χ3n) is 3.04. The van der Waals surface area contributed by atoms with E-state index in [9.17, 15) is 0 Å². The lowest BCUT2D eigenvalue weighted by molar-refractivity contribution is -0.161. The van der Waals surface area contributed by atoms with Crippen molar-refractivity contribution in [1.29, 1.82) is 0 Å². The maximum absolute atomic E-state index is 5.85. The van der Waals surface area contributed by atoms with E-state index in [1.54, 1.807) is 7.11 Å². The molecule has 1 aromatic carbocycles. The van der Waals surface area contributed by atoms with Crippen LogP contribution < -0.4 is 10.5 Å². The van der Waals surface area contributed by atoms with Crippen LogP contribution in [0.15, 0.2) is 18.2 Å². The number of benzene rings is 1. The molecule has 1 saturated heterocycles. The molecule has 1 fully saturated rings. The number of methoxy groups -OCH3 is 1. The molecule has 2 atom stereocenters. The number of ether oxygens (including phenoxy) is 3. The van der Waals surface area contributed by atoms with Gasteiger partial charge in [-0.25, -0.2) is 0 Å². The first kappa shape index (κ1) is 12.4. The Morgan fingerprint density at radius 2 is 2.29 bits per heavy atom. The molecule has 2 unspecified atom stereocenters. The average molecular weight is 237 g/mol. The topological polar surface area (TPSA) is 53.7 Å². The van der Waals surface area contributed by atoms with E-state index in [4.69, 9.17) is 19.9 Å². The van der Waals surface area contributed by atoms with Crippen molar-refractivity contribution in [2.24, 2.45) is 5.73 Å². The van der Waals surface area contributed by atoms with Crippen LogP contribution in [0.25, 0.3) is 0 Å². The largest absolute Gasteiger partial charge is 0.496 e. The van der Waals surface area contributed by atoms with Gasteiger partial charge in [-0.3, -0.25) is 0 Å². The van der Waals surface area contributed by atoms with Crippen LogP contribution in [0.2, 0.25) is 0 Å². The van der Waals surface area contributed by atoms with Gasteiger partial charge in [0, 0.05) is 6.54 Å². The van der Waals surface area contributed by atoms with Crippen LogP contribution in [0.3, 0.4) is 0 Å². The van der Waals surface area contributed by atoms with Gasteiger partial charge in [-0.05, 0) is 26.0 Å². The standard InChI is InChI=1S/C13H19NO3/c1-9-4-5-12(15-3)11(6-9)13(2)16-8-10(7-14)17-13/h4-6,10H,7-8,14H2,1-3H3. The SMILES string of the molecule is COc1ccc(C)cc1C1(C)OCC(CN)O1. The Kier molecular flexibility index (Phi) is 3.38. The Bertz CT molecular complexity index is 408. The van der Waals surface area contributed by atoms with Crippen molar-refractivity contribution < 1.29 is 14.2 Å². The smallest absolute Gasteiger partial charge is 0.196 e. The summed E-state index contributed by atoms with van der Waals surface area (Å²) in [5.74, 6) is 0.0114. The molecule has 94 valence electrons. The zero-order valence-corrected chi connectivity index (χ0v) is 10.5. The van der Waals surface area contributed by atoms with E-state index < -0.39 is 5.79 Å². The van der Waals surface area contributed by atoms with Gasteiger partial charge in [0.05, 0.1) is 25.4 Å². The predicted molar refractivity (Wildman–Crippen MR) is 65.0 cm³/mol. The lowest BCUT2D eigenvalue weighted by atomic mass is 10.0. The second-order valence-electron chi connectivity index (χ2n) is 4.44. The third kappa shape index (κ3) is 2.29. The van der Waals surface area contributed by atoms with Gasteiger partial charge in [-0.2, -0.15) is 0 Å². The summed E-state index contributed by atoms with van der Waals surface area (Å²) in [5, 5.41) is 0. The molecule has 2 N–H and O–H groups in total. The van der Waals surface area contributed by atoms with E-state index in [1.165, 1.54) is 0 Å². The zero-order valence-electron chi connectivity index (χ0n) is 10.5. The van der Waals surface area contributed by atoms with Crippen molar-refractivity contribution in [3.63, 3.8) is 0 Å². The Hall–Kier alpha value is -1.10. The first-order valence-corrected chi connectivity index (χ1v) is 5.76. The van der Waals surface area contributed by atoms with Gasteiger partial charge in [0.1, 0.15) is 5.75 Å². The average Bonchev–Trinajstić information content (AvgIpc) is 2.72. The fourth-order valence-electron chi connectivity index (χ4n) is 2.07. The molecule has 0 spiro atoms. The molecular weight excluding hydrogens is 218 g/mol. The zero-order chi connectivity index (χ0) is 12.5. The molecule has 0 aromatic heterocycles. The summed E-state index contributed by atoms with van der Waals surface area (Å²) in [6.07, 6.45) is -0.0507. The minimum Gasteiger partial charge on any atom is -0.496 e. The summed E-state index contributed by atoms with van der Waals surface area (Å²) in [6, 6.07) is 5.96. The van der Waals surface area contributed by atoms with Crippen molar-refractivity contribution in [2.45, 2.75) is 25.7 Å². The van der Waals surface area contributed by atoms with Gasteiger partial charge >= 0.3 is 0 Å². The third-order valence-corrected chi connectivity index (χ3v) is 3.04. The van der Waals surface area contributed by atoms with Crippen molar-refractivity contribution >= 4 is 0 Å². The molecule has 2 rings (SSSR count). The van der Waals surface area contributed by atoms with E-state index in [2.05, 4.69) is 0 Å². The van der Waals surface area contributed by atoms with Gasteiger partial charge in [0.15, 0.2) is 5.79 Å². The maximum atomic E-state index is 5.85. The lowest BCUT2D eigenvalue weighted by Crippen LogP contribution is -2.27. The van der Waals surface area contributed by atoms with E-state index in [1.807, 2.05) is 32.0 Å². The number of hydrogen-bond acceptors (Lipinski definition) is 4. The predicted octanol–water partition coefficient (Wildman–Crippen LogP) is 1.55. The molecular formula is C13H19NO3. The molecule has 0 saturated carbocycles. The molecule has 4 heteroatoms. The highest BCUT2D eigenvalue weighted by atomic mass is 16.7. The highest BCUT2D eigenvalue weighted by Crippen LogP contribution is 2.39. The summed E-state index contributed by atoms with van der Waals surface area (Å²) in [7, 11) is 1.65. The van der Waals surface area contributed by atoms with Crippen molar-refractivity contribution in [2.75, 3.05) is 20.3 Å². The Balaban J connectivity index is 2.36. The summed E-state index contributed by atoms with van der Waals surface area (Å²) in [5.41, 5.74) is 7.65. The van der Waals surface area contributed by atoms with Crippen LogP contribution in [0.1, 0.15) is 18.1 Å². The van der Waals surface area contributed by atoms with Crippen LogP contribution in [0.4, 0.5) is 0 Å². The van der Waals surface area contributed by atoms with E-state index >= 15 is 0 Å². The molecule has 0 bridgehead atoms. The van der Waals surface area contributed by atoms with Crippen molar-refractivity contribution in [3.8, 4) is 5.75 Å². The van der Waals surface area contributed by atoms with Crippen LogP contribution >= 0.6 is 0 Å². The molecule has 4 nitrogen and oxygen atoms in total. The molecule has 0 amide bonds. The van der Waals surface area contributed by atoms with Crippen molar-refractivity contribution in [3.05, 3.63) is 29.3 Å². The van der Waals surface area contributed by atoms with Crippen molar-refractivity contribution in [1.82, 2.24) is 0 Å². The van der Waals surface area contributed by atoms with Crippen LogP contribution in [-0.2, 0) is 15.3 Å². The fourth-order valence-corrected chi connectivity index (χ4v) is 2.07. The second kappa shape index (κ2) is 4.64. The van der Waals surface area contributed by atoms with Gasteiger partial charge in [0.25, 0.3) is 0 Å². The monoisotopic (exact) mass is 237 g/mol. The Labute approximate surface area is 102 Å². The highest BCUT2D eigenvalue weighted by molar-refractivity contribution is 5.40. The number of aryl methyl sites for hydroxylation is 1. The number of hydrogen-bond donors (Lipinski definition) is 1. The minimum atomic E-state index is -0.763. The molecule has 1 aromatic rings. The number of nitrogens with two attached hydrogens (primary N) is 1. The van der Waals surface area contributed by atoms with Crippen LogP contribution in [0.5, 0.6) is 5.75 Å². The molecule has 1 aliphatic rings. The van der Waals surface area contributed by atoms with Gasteiger partial charge < -0.3 is 19.9 Å². The Morgan fingerprint density at radius 1 is 1.53 bits per heavy atom. The van der Waals surface area contributed by atoms with E-state index in [0.29, 0.717) is 13.2 Å². The molecule has 17 heavy (non-hydrogen) atoms. The minimum absolute atomic E-state index is 0.0507. The Morgan fingerprint density at radius 3 is 2.88 bits per heavy atom. The molecule has 0 radical (unpaired) electrons. The van der Waals surface area contributed by atoms with Gasteiger partial charge in [0.2, 0.25) is 0 Å². The van der Waals surface area contributed by atoms with Gasteiger partial charge in [-0.15, -0.1) is 0 Å². The molecule has 1 heterocycles. The fraction of sp³-hybridized carbons (Fsp3) is 0.538. The van der Waals surface area contributed by atoms with Gasteiger partial charge in [-0.1, -0.05) is 11.6 Å². The van der Waals surface area contributed by atoms with Crippen LogP contribution in [0, 0.1) is 6.92 Å².